The van der Waals surface area contributed by atoms with Crippen LogP contribution in [0.25, 0.3) is 5.69 Å². The Morgan fingerprint density at radius 3 is 2.41 bits per heavy atom. The molecule has 0 saturated heterocycles. The molecule has 0 spiro atoms. The van der Waals surface area contributed by atoms with Crippen LogP contribution in [0.5, 0.6) is 0 Å². The molecule has 2 aromatic rings. The van der Waals surface area contributed by atoms with E-state index in [4.69, 9.17) is 5.10 Å². The molecule has 1 heterocycles. The molecule has 0 fully saturated rings. The van der Waals surface area contributed by atoms with Crippen molar-refractivity contribution in [2.45, 2.75) is 46.0 Å². The van der Waals surface area contributed by atoms with Crippen molar-refractivity contribution in [1.82, 2.24) is 9.78 Å². The minimum absolute atomic E-state index is 1.02. The predicted molar refractivity (Wildman–Crippen MR) is 96.1 cm³/mol. The van der Waals surface area contributed by atoms with Gasteiger partial charge in [-0.25, -0.2) is 4.68 Å². The lowest BCUT2D eigenvalue weighted by atomic mass is 10.1. The minimum atomic E-state index is 1.02. The Morgan fingerprint density at radius 2 is 1.73 bits per heavy atom. The summed E-state index contributed by atoms with van der Waals surface area (Å²) in [7, 11) is 0. The van der Waals surface area contributed by atoms with Gasteiger partial charge in [-0.3, -0.25) is 0 Å². The number of nitrogens with zero attached hydrogens (tertiary/aromatic N) is 3. The van der Waals surface area contributed by atoms with Gasteiger partial charge in [-0.2, -0.15) is 5.10 Å². The largest absolute Gasteiger partial charge is 0.357 e. The smallest absolute Gasteiger partial charge is 0.135 e. The van der Waals surface area contributed by atoms with Crippen LogP contribution in [0.4, 0.5) is 5.82 Å². The molecule has 0 N–H and O–H groups in total. The zero-order valence-electron chi connectivity index (χ0n) is 13.5. The van der Waals surface area contributed by atoms with E-state index in [1.54, 1.807) is 0 Å². The Labute approximate surface area is 141 Å². The van der Waals surface area contributed by atoms with E-state index >= 15 is 0 Å². The second-order valence-corrected chi connectivity index (χ2v) is 6.79. The van der Waals surface area contributed by atoms with Crippen molar-refractivity contribution < 1.29 is 0 Å². The summed E-state index contributed by atoms with van der Waals surface area (Å²) in [6, 6.07) is 8.47. The number of rotatable bonds is 4. The first-order valence-corrected chi connectivity index (χ1v) is 9.15. The average molecular weight is 362 g/mol. The molecule has 3 nitrogen and oxygen atoms in total. The van der Waals surface area contributed by atoms with Crippen molar-refractivity contribution in [3.8, 4) is 5.69 Å². The van der Waals surface area contributed by atoms with Crippen molar-refractivity contribution in [3.63, 3.8) is 0 Å². The molecule has 1 aromatic heterocycles. The molecule has 0 bridgehead atoms. The van der Waals surface area contributed by atoms with Crippen LogP contribution in [0, 0.1) is 0 Å². The van der Waals surface area contributed by atoms with E-state index in [2.05, 4.69) is 63.6 Å². The Morgan fingerprint density at radius 1 is 1.05 bits per heavy atom. The third kappa shape index (κ3) is 2.94. The number of aryl methyl sites for hydroxylation is 1. The first kappa shape index (κ1) is 15.6. The fourth-order valence-electron chi connectivity index (χ4n) is 3.32. The van der Waals surface area contributed by atoms with Crippen LogP contribution >= 0.6 is 15.9 Å². The van der Waals surface area contributed by atoms with E-state index in [-0.39, 0.29) is 0 Å². The summed E-state index contributed by atoms with van der Waals surface area (Å²) in [6.07, 6.45) is 6.16. The molecule has 0 aliphatic heterocycles. The summed E-state index contributed by atoms with van der Waals surface area (Å²) in [5, 5.41) is 4.99. The van der Waals surface area contributed by atoms with Gasteiger partial charge in [-0.15, -0.1) is 0 Å². The lowest BCUT2D eigenvalue weighted by molar-refractivity contribution is 0.688. The highest BCUT2D eigenvalue weighted by atomic mass is 79.9. The van der Waals surface area contributed by atoms with Crippen LogP contribution in [-0.4, -0.2) is 22.9 Å². The van der Waals surface area contributed by atoms with Gasteiger partial charge in [-0.1, -0.05) is 22.4 Å². The van der Waals surface area contributed by atoms with Crippen molar-refractivity contribution in [1.29, 1.82) is 0 Å². The zero-order chi connectivity index (χ0) is 15.5. The predicted octanol–water partition coefficient (Wildman–Crippen LogP) is 4.75. The third-order valence-electron chi connectivity index (χ3n) is 4.51. The fraction of sp³-hybridized carbons (Fsp3) is 0.500. The molecule has 0 amide bonds. The van der Waals surface area contributed by atoms with Crippen molar-refractivity contribution >= 4 is 21.7 Å². The molecule has 0 unspecified atom stereocenters. The Hall–Kier alpha value is -1.29. The quantitative estimate of drug-likeness (QED) is 0.732. The van der Waals surface area contributed by atoms with Gasteiger partial charge in [0.2, 0.25) is 0 Å². The van der Waals surface area contributed by atoms with Crippen molar-refractivity contribution in [3.05, 3.63) is 40.0 Å². The molecule has 0 saturated carbocycles. The van der Waals surface area contributed by atoms with Crippen LogP contribution in [0.1, 0.15) is 44.4 Å². The molecule has 4 heteroatoms. The number of benzene rings is 1. The fourth-order valence-corrected chi connectivity index (χ4v) is 3.59. The van der Waals surface area contributed by atoms with E-state index in [0.717, 1.165) is 36.1 Å². The Kier molecular flexibility index (Phi) is 4.87. The van der Waals surface area contributed by atoms with E-state index in [1.807, 2.05) is 0 Å². The van der Waals surface area contributed by atoms with E-state index in [9.17, 15) is 0 Å². The maximum absolute atomic E-state index is 4.99. The number of aromatic nitrogens is 2. The number of hydrogen-bond donors (Lipinski definition) is 0. The highest BCUT2D eigenvalue weighted by molar-refractivity contribution is 9.10. The Balaban J connectivity index is 2.14. The SMILES string of the molecule is CCN(CC)c1c2c(nn1-c1ccc(Br)cc1)CCCCC2. The maximum atomic E-state index is 4.99. The van der Waals surface area contributed by atoms with Gasteiger partial charge < -0.3 is 4.90 Å². The van der Waals surface area contributed by atoms with Crippen LogP contribution in [0.2, 0.25) is 0 Å². The highest BCUT2D eigenvalue weighted by Crippen LogP contribution is 2.32. The summed E-state index contributed by atoms with van der Waals surface area (Å²) in [6.45, 7) is 6.49. The van der Waals surface area contributed by atoms with Gasteiger partial charge >= 0.3 is 0 Å². The normalized spacial score (nSPS) is 14.5. The van der Waals surface area contributed by atoms with Gasteiger partial charge in [0.1, 0.15) is 5.82 Å². The molecule has 1 aromatic carbocycles. The third-order valence-corrected chi connectivity index (χ3v) is 5.04. The second-order valence-electron chi connectivity index (χ2n) is 5.87. The molecule has 0 radical (unpaired) electrons. The summed E-state index contributed by atoms with van der Waals surface area (Å²) in [5.41, 5.74) is 3.93. The van der Waals surface area contributed by atoms with E-state index in [1.165, 1.54) is 36.3 Å². The molecule has 1 aliphatic rings. The summed E-state index contributed by atoms with van der Waals surface area (Å²) in [4.78, 5) is 2.44. The van der Waals surface area contributed by atoms with Gasteiger partial charge in [0.15, 0.2) is 0 Å². The maximum Gasteiger partial charge on any atom is 0.135 e. The molecular formula is C18H24BrN3. The summed E-state index contributed by atoms with van der Waals surface area (Å²) >= 11 is 3.52. The number of anilines is 1. The van der Waals surface area contributed by atoms with Gasteiger partial charge in [0.25, 0.3) is 0 Å². The molecule has 3 rings (SSSR count). The molecule has 22 heavy (non-hydrogen) atoms. The monoisotopic (exact) mass is 361 g/mol. The number of halogens is 1. The van der Waals surface area contributed by atoms with Gasteiger partial charge in [0.05, 0.1) is 11.4 Å². The summed E-state index contributed by atoms with van der Waals surface area (Å²) in [5.74, 6) is 1.31. The molecule has 0 atom stereocenters. The zero-order valence-corrected chi connectivity index (χ0v) is 15.1. The number of hydrogen-bond acceptors (Lipinski definition) is 2. The number of fused-ring (bicyclic) bond motifs is 1. The standard InChI is InChI=1S/C18H24BrN3/c1-3-21(4-2)18-16-8-6-5-7-9-17(16)20-22(18)15-12-10-14(19)11-13-15/h10-13H,3-9H2,1-2H3. The Bertz CT molecular complexity index is 627. The lowest BCUT2D eigenvalue weighted by Gasteiger charge is -2.24. The first-order valence-electron chi connectivity index (χ1n) is 8.36. The van der Waals surface area contributed by atoms with Crippen molar-refractivity contribution in [2.75, 3.05) is 18.0 Å². The molecule has 1 aliphatic carbocycles. The van der Waals surface area contributed by atoms with E-state index in [0.29, 0.717) is 0 Å². The van der Waals surface area contributed by atoms with E-state index < -0.39 is 0 Å². The van der Waals surface area contributed by atoms with Gasteiger partial charge in [-0.05, 0) is 63.8 Å². The van der Waals surface area contributed by atoms with Crippen LogP contribution in [-0.2, 0) is 12.8 Å². The minimum Gasteiger partial charge on any atom is -0.357 e. The molecular weight excluding hydrogens is 338 g/mol. The molecule has 118 valence electrons. The van der Waals surface area contributed by atoms with Gasteiger partial charge in [0, 0.05) is 23.1 Å². The topological polar surface area (TPSA) is 21.1 Å². The highest BCUT2D eigenvalue weighted by Gasteiger charge is 2.23. The van der Waals surface area contributed by atoms with Crippen LogP contribution in [0.3, 0.4) is 0 Å². The second kappa shape index (κ2) is 6.86. The lowest BCUT2D eigenvalue weighted by Crippen LogP contribution is -2.25. The average Bonchev–Trinajstić information content (AvgIpc) is 2.73. The van der Waals surface area contributed by atoms with Crippen LogP contribution in [0.15, 0.2) is 28.7 Å². The first-order chi connectivity index (χ1) is 10.7. The summed E-state index contributed by atoms with van der Waals surface area (Å²) < 4.78 is 3.27. The van der Waals surface area contributed by atoms with Crippen LogP contribution < -0.4 is 4.90 Å². The van der Waals surface area contributed by atoms with Crippen molar-refractivity contribution in [2.24, 2.45) is 0 Å².